The molecule has 1 aromatic rings. The van der Waals surface area contributed by atoms with Crippen molar-refractivity contribution in [1.82, 2.24) is 0 Å². The van der Waals surface area contributed by atoms with E-state index in [1.807, 2.05) is 13.8 Å². The molecule has 0 aliphatic carbocycles. The van der Waals surface area contributed by atoms with Crippen LogP contribution in [-0.4, -0.2) is 5.11 Å². The number of phenolic OH excluding ortho intramolecular Hbond substituents is 1. The molecule has 1 unspecified atom stereocenters. The maximum absolute atomic E-state index is 9.92. The molecule has 0 aliphatic heterocycles. The normalized spacial score (nSPS) is 13.3. The number of halogens is 1. The first-order valence-corrected chi connectivity index (χ1v) is 5.89. The molecule has 1 rings (SSSR count). The monoisotopic (exact) mass is 271 g/mol. The first kappa shape index (κ1) is 12.5. The molecule has 0 fully saturated rings. The number of hydrogen-bond donors (Lipinski definition) is 2. The zero-order valence-electron chi connectivity index (χ0n) is 9.63. The third-order valence-electron chi connectivity index (χ3n) is 2.76. The average molecular weight is 272 g/mol. The van der Waals surface area contributed by atoms with Gasteiger partial charge < -0.3 is 10.8 Å². The Balaban J connectivity index is 3.36. The summed E-state index contributed by atoms with van der Waals surface area (Å²) in [6.07, 6.45) is 0. The minimum absolute atomic E-state index is 0.123. The summed E-state index contributed by atoms with van der Waals surface area (Å²) in [6.45, 7) is 8.05. The van der Waals surface area contributed by atoms with E-state index in [-0.39, 0.29) is 6.04 Å². The Bertz CT molecular complexity index is 374. The highest BCUT2D eigenvalue weighted by Crippen LogP contribution is 2.36. The Morgan fingerprint density at radius 1 is 1.33 bits per heavy atom. The molecule has 0 bridgehead atoms. The van der Waals surface area contributed by atoms with Crippen LogP contribution in [-0.2, 0) is 0 Å². The van der Waals surface area contributed by atoms with Crippen LogP contribution in [0.2, 0.25) is 0 Å². The zero-order chi connectivity index (χ0) is 11.7. The van der Waals surface area contributed by atoms with Crippen molar-refractivity contribution in [3.63, 3.8) is 0 Å². The second kappa shape index (κ2) is 4.54. The van der Waals surface area contributed by atoms with Crippen molar-refractivity contribution in [1.29, 1.82) is 0 Å². The molecule has 2 nitrogen and oxygen atoms in total. The van der Waals surface area contributed by atoms with Gasteiger partial charge in [0.1, 0.15) is 5.75 Å². The highest BCUT2D eigenvalue weighted by molar-refractivity contribution is 9.10. The lowest BCUT2D eigenvalue weighted by Gasteiger charge is -2.21. The van der Waals surface area contributed by atoms with Gasteiger partial charge in [0, 0.05) is 16.1 Å². The standard InChI is InChI=1S/C12H18BrNO/c1-6(2)12(14)10-8(4)11(13)7(3)5-9(10)15/h5-6,12,15H,14H2,1-4H3. The van der Waals surface area contributed by atoms with E-state index in [4.69, 9.17) is 5.73 Å². The molecule has 0 aliphatic rings. The predicted octanol–water partition coefficient (Wildman–Crippen LogP) is 3.43. The van der Waals surface area contributed by atoms with Gasteiger partial charge >= 0.3 is 0 Å². The van der Waals surface area contributed by atoms with Crippen LogP contribution in [0.15, 0.2) is 10.5 Å². The lowest BCUT2D eigenvalue weighted by atomic mass is 9.91. The largest absolute Gasteiger partial charge is 0.508 e. The van der Waals surface area contributed by atoms with Crippen LogP contribution in [0, 0.1) is 19.8 Å². The fourth-order valence-corrected chi connectivity index (χ4v) is 2.03. The maximum Gasteiger partial charge on any atom is 0.120 e. The highest BCUT2D eigenvalue weighted by Gasteiger charge is 2.19. The lowest BCUT2D eigenvalue weighted by molar-refractivity contribution is 0.437. The quantitative estimate of drug-likeness (QED) is 0.866. The van der Waals surface area contributed by atoms with E-state index >= 15 is 0 Å². The van der Waals surface area contributed by atoms with Gasteiger partial charge in [0.25, 0.3) is 0 Å². The molecule has 0 spiro atoms. The van der Waals surface area contributed by atoms with Crippen LogP contribution in [0.4, 0.5) is 0 Å². The van der Waals surface area contributed by atoms with E-state index in [1.54, 1.807) is 6.07 Å². The Hall–Kier alpha value is -0.540. The molecule has 1 atom stereocenters. The van der Waals surface area contributed by atoms with Gasteiger partial charge in [-0.1, -0.05) is 29.8 Å². The molecule has 15 heavy (non-hydrogen) atoms. The Morgan fingerprint density at radius 2 is 1.87 bits per heavy atom. The lowest BCUT2D eigenvalue weighted by Crippen LogP contribution is -2.18. The van der Waals surface area contributed by atoms with Crippen LogP contribution < -0.4 is 5.73 Å². The number of benzene rings is 1. The molecule has 0 saturated heterocycles. The number of phenols is 1. The predicted molar refractivity (Wildman–Crippen MR) is 67.0 cm³/mol. The van der Waals surface area contributed by atoms with E-state index in [9.17, 15) is 5.11 Å². The van der Waals surface area contributed by atoms with Gasteiger partial charge in [0.05, 0.1) is 0 Å². The Labute approximate surface area is 99.6 Å². The van der Waals surface area contributed by atoms with Crippen molar-refractivity contribution < 1.29 is 5.11 Å². The van der Waals surface area contributed by atoms with Crippen molar-refractivity contribution in [2.24, 2.45) is 11.7 Å². The van der Waals surface area contributed by atoms with Gasteiger partial charge in [-0.05, 0) is 37.0 Å². The van der Waals surface area contributed by atoms with E-state index in [1.165, 1.54) is 0 Å². The first-order chi connectivity index (χ1) is 6.86. The first-order valence-electron chi connectivity index (χ1n) is 5.10. The molecular weight excluding hydrogens is 254 g/mol. The molecule has 0 amide bonds. The second-order valence-electron chi connectivity index (χ2n) is 4.34. The number of aromatic hydroxyl groups is 1. The summed E-state index contributed by atoms with van der Waals surface area (Å²) in [4.78, 5) is 0. The summed E-state index contributed by atoms with van der Waals surface area (Å²) in [5.41, 5.74) is 9.00. The Morgan fingerprint density at radius 3 is 2.33 bits per heavy atom. The van der Waals surface area contributed by atoms with Crippen LogP contribution in [0.1, 0.15) is 36.6 Å². The van der Waals surface area contributed by atoms with Gasteiger partial charge in [-0.2, -0.15) is 0 Å². The van der Waals surface area contributed by atoms with Crippen molar-refractivity contribution in [2.45, 2.75) is 33.7 Å². The minimum Gasteiger partial charge on any atom is -0.508 e. The van der Waals surface area contributed by atoms with Crippen LogP contribution >= 0.6 is 15.9 Å². The van der Waals surface area contributed by atoms with Gasteiger partial charge in [-0.3, -0.25) is 0 Å². The van der Waals surface area contributed by atoms with E-state index < -0.39 is 0 Å². The minimum atomic E-state index is -0.123. The van der Waals surface area contributed by atoms with Crippen LogP contribution in [0.5, 0.6) is 5.75 Å². The number of hydrogen-bond acceptors (Lipinski definition) is 2. The number of rotatable bonds is 2. The summed E-state index contributed by atoms with van der Waals surface area (Å²) in [6, 6.07) is 1.64. The molecule has 0 saturated carbocycles. The molecule has 84 valence electrons. The SMILES string of the molecule is Cc1cc(O)c(C(N)C(C)C)c(C)c1Br. The van der Waals surface area contributed by atoms with Crippen molar-refractivity contribution in [2.75, 3.05) is 0 Å². The molecule has 1 aromatic carbocycles. The van der Waals surface area contributed by atoms with Gasteiger partial charge in [-0.15, -0.1) is 0 Å². The summed E-state index contributed by atoms with van der Waals surface area (Å²) < 4.78 is 1.03. The average Bonchev–Trinajstić information content (AvgIpc) is 2.14. The fourth-order valence-electron chi connectivity index (χ4n) is 1.71. The van der Waals surface area contributed by atoms with Crippen LogP contribution in [0.25, 0.3) is 0 Å². The van der Waals surface area contributed by atoms with Gasteiger partial charge in [0.15, 0.2) is 0 Å². The smallest absolute Gasteiger partial charge is 0.120 e. The van der Waals surface area contributed by atoms with Gasteiger partial charge in [-0.25, -0.2) is 0 Å². The molecule has 3 heteroatoms. The molecule has 0 radical (unpaired) electrons. The third-order valence-corrected chi connectivity index (χ3v) is 3.98. The van der Waals surface area contributed by atoms with Gasteiger partial charge in [0.2, 0.25) is 0 Å². The maximum atomic E-state index is 9.92. The fraction of sp³-hybridized carbons (Fsp3) is 0.500. The van der Waals surface area contributed by atoms with E-state index in [0.29, 0.717) is 11.7 Å². The summed E-state index contributed by atoms with van der Waals surface area (Å²) in [7, 11) is 0. The summed E-state index contributed by atoms with van der Waals surface area (Å²) >= 11 is 3.51. The molecular formula is C12H18BrNO. The van der Waals surface area contributed by atoms with E-state index in [2.05, 4.69) is 29.8 Å². The topological polar surface area (TPSA) is 46.2 Å². The number of nitrogens with two attached hydrogens (primary N) is 1. The molecule has 0 aromatic heterocycles. The van der Waals surface area contributed by atoms with E-state index in [0.717, 1.165) is 21.2 Å². The second-order valence-corrected chi connectivity index (χ2v) is 5.13. The number of aryl methyl sites for hydroxylation is 1. The summed E-state index contributed by atoms with van der Waals surface area (Å²) in [5, 5.41) is 9.92. The molecule has 0 heterocycles. The third kappa shape index (κ3) is 2.34. The van der Waals surface area contributed by atoms with Crippen molar-refractivity contribution in [3.8, 4) is 5.75 Å². The summed E-state index contributed by atoms with van der Waals surface area (Å²) in [5.74, 6) is 0.610. The van der Waals surface area contributed by atoms with Crippen molar-refractivity contribution in [3.05, 3.63) is 27.2 Å². The Kier molecular flexibility index (Phi) is 3.79. The zero-order valence-corrected chi connectivity index (χ0v) is 11.2. The molecule has 3 N–H and O–H groups in total. The van der Waals surface area contributed by atoms with Crippen molar-refractivity contribution >= 4 is 15.9 Å². The highest BCUT2D eigenvalue weighted by atomic mass is 79.9. The van der Waals surface area contributed by atoms with Crippen LogP contribution in [0.3, 0.4) is 0 Å².